The first-order valence-corrected chi connectivity index (χ1v) is 5.70. The standard InChI is InChI=1S/C13H18O3/c1-15-9-10-16-12-6-3-2-5-11(12)13(14)7-4-8-13/h2-3,5-6,14H,4,7-10H2,1H3. The van der Waals surface area contributed by atoms with Crippen molar-refractivity contribution in [2.75, 3.05) is 20.3 Å². The first-order valence-electron chi connectivity index (χ1n) is 5.70. The summed E-state index contributed by atoms with van der Waals surface area (Å²) in [7, 11) is 1.65. The number of hydrogen-bond acceptors (Lipinski definition) is 3. The predicted octanol–water partition coefficient (Wildman–Crippen LogP) is 2.08. The number of benzene rings is 1. The fourth-order valence-corrected chi connectivity index (χ4v) is 1.99. The van der Waals surface area contributed by atoms with Crippen molar-refractivity contribution in [1.29, 1.82) is 0 Å². The molecule has 1 aliphatic carbocycles. The Bertz CT molecular complexity index is 345. The van der Waals surface area contributed by atoms with Crippen LogP contribution in [0.1, 0.15) is 24.8 Å². The molecule has 88 valence electrons. The lowest BCUT2D eigenvalue weighted by atomic mass is 9.75. The van der Waals surface area contributed by atoms with Gasteiger partial charge in [-0.05, 0) is 25.3 Å². The zero-order chi connectivity index (χ0) is 11.4. The highest BCUT2D eigenvalue weighted by molar-refractivity contribution is 5.39. The first kappa shape index (κ1) is 11.4. The smallest absolute Gasteiger partial charge is 0.125 e. The Morgan fingerprint density at radius 3 is 2.62 bits per heavy atom. The summed E-state index contributed by atoms with van der Waals surface area (Å²) < 4.78 is 10.6. The Hall–Kier alpha value is -1.06. The molecule has 1 saturated carbocycles. The van der Waals surface area contributed by atoms with E-state index in [4.69, 9.17) is 9.47 Å². The van der Waals surface area contributed by atoms with E-state index in [1.807, 2.05) is 24.3 Å². The average molecular weight is 222 g/mol. The van der Waals surface area contributed by atoms with E-state index in [-0.39, 0.29) is 0 Å². The van der Waals surface area contributed by atoms with Crippen molar-refractivity contribution in [3.63, 3.8) is 0 Å². The van der Waals surface area contributed by atoms with Gasteiger partial charge in [0.1, 0.15) is 12.4 Å². The van der Waals surface area contributed by atoms with Crippen molar-refractivity contribution in [2.45, 2.75) is 24.9 Å². The van der Waals surface area contributed by atoms with E-state index in [0.29, 0.717) is 13.2 Å². The minimum Gasteiger partial charge on any atom is -0.491 e. The van der Waals surface area contributed by atoms with Crippen molar-refractivity contribution < 1.29 is 14.6 Å². The summed E-state index contributed by atoms with van der Waals surface area (Å²) in [6.07, 6.45) is 2.75. The van der Waals surface area contributed by atoms with Gasteiger partial charge in [0.2, 0.25) is 0 Å². The predicted molar refractivity (Wildman–Crippen MR) is 61.6 cm³/mol. The molecule has 2 rings (SSSR count). The van der Waals surface area contributed by atoms with E-state index in [1.165, 1.54) is 0 Å². The Kier molecular flexibility index (Phi) is 3.46. The summed E-state index contributed by atoms with van der Waals surface area (Å²) in [6.45, 7) is 1.08. The summed E-state index contributed by atoms with van der Waals surface area (Å²) in [5.41, 5.74) is 0.251. The Morgan fingerprint density at radius 1 is 1.25 bits per heavy atom. The number of aliphatic hydroxyl groups is 1. The van der Waals surface area contributed by atoms with Gasteiger partial charge in [0.15, 0.2) is 0 Å². The van der Waals surface area contributed by atoms with Gasteiger partial charge in [-0.15, -0.1) is 0 Å². The van der Waals surface area contributed by atoms with Gasteiger partial charge >= 0.3 is 0 Å². The summed E-state index contributed by atoms with van der Waals surface area (Å²) >= 11 is 0. The van der Waals surface area contributed by atoms with Crippen molar-refractivity contribution in [3.05, 3.63) is 29.8 Å². The van der Waals surface area contributed by atoms with Crippen LogP contribution in [0.5, 0.6) is 5.75 Å². The highest BCUT2D eigenvalue weighted by Gasteiger charge is 2.38. The van der Waals surface area contributed by atoms with Crippen LogP contribution < -0.4 is 4.74 Å². The highest BCUT2D eigenvalue weighted by Crippen LogP contribution is 2.44. The molecule has 3 nitrogen and oxygen atoms in total. The van der Waals surface area contributed by atoms with E-state index in [0.717, 1.165) is 30.6 Å². The van der Waals surface area contributed by atoms with Gasteiger partial charge in [0, 0.05) is 12.7 Å². The molecule has 0 spiro atoms. The average Bonchev–Trinajstić information content (AvgIpc) is 2.27. The number of hydrogen-bond donors (Lipinski definition) is 1. The lowest BCUT2D eigenvalue weighted by molar-refractivity contribution is -0.0410. The molecule has 1 N–H and O–H groups in total. The molecule has 0 radical (unpaired) electrons. The van der Waals surface area contributed by atoms with Crippen LogP contribution in [0.2, 0.25) is 0 Å². The van der Waals surface area contributed by atoms with Crippen molar-refractivity contribution in [1.82, 2.24) is 0 Å². The maximum Gasteiger partial charge on any atom is 0.125 e. The van der Waals surface area contributed by atoms with E-state index >= 15 is 0 Å². The molecule has 0 aromatic heterocycles. The normalized spacial score (nSPS) is 17.9. The van der Waals surface area contributed by atoms with Gasteiger partial charge in [-0.1, -0.05) is 18.2 Å². The van der Waals surface area contributed by atoms with Crippen LogP contribution >= 0.6 is 0 Å². The Morgan fingerprint density at radius 2 is 2.00 bits per heavy atom. The molecule has 3 heteroatoms. The molecule has 0 unspecified atom stereocenters. The summed E-state index contributed by atoms with van der Waals surface area (Å²) in [5.74, 6) is 0.779. The number of ether oxygens (including phenoxy) is 2. The number of methoxy groups -OCH3 is 1. The maximum atomic E-state index is 10.3. The van der Waals surface area contributed by atoms with E-state index in [1.54, 1.807) is 7.11 Å². The largest absolute Gasteiger partial charge is 0.491 e. The quantitative estimate of drug-likeness (QED) is 0.775. The molecule has 1 fully saturated rings. The molecule has 0 atom stereocenters. The summed E-state index contributed by atoms with van der Waals surface area (Å²) in [5, 5.41) is 10.3. The maximum absolute atomic E-state index is 10.3. The molecular weight excluding hydrogens is 204 g/mol. The molecule has 1 aromatic carbocycles. The van der Waals surface area contributed by atoms with Crippen LogP contribution in [0, 0.1) is 0 Å². The van der Waals surface area contributed by atoms with Gasteiger partial charge in [-0.25, -0.2) is 0 Å². The van der Waals surface area contributed by atoms with Gasteiger partial charge in [-0.2, -0.15) is 0 Å². The van der Waals surface area contributed by atoms with Gasteiger partial charge < -0.3 is 14.6 Å². The van der Waals surface area contributed by atoms with Crippen molar-refractivity contribution >= 4 is 0 Å². The zero-order valence-corrected chi connectivity index (χ0v) is 9.61. The topological polar surface area (TPSA) is 38.7 Å². The van der Waals surface area contributed by atoms with E-state index < -0.39 is 5.60 Å². The minimum absolute atomic E-state index is 0.517. The molecule has 0 aliphatic heterocycles. The lowest BCUT2D eigenvalue weighted by Crippen LogP contribution is -2.34. The van der Waals surface area contributed by atoms with Crippen LogP contribution in [0.4, 0.5) is 0 Å². The molecule has 0 saturated heterocycles. The Balaban J connectivity index is 2.11. The minimum atomic E-state index is -0.663. The zero-order valence-electron chi connectivity index (χ0n) is 9.61. The van der Waals surface area contributed by atoms with Crippen molar-refractivity contribution in [2.24, 2.45) is 0 Å². The molecule has 16 heavy (non-hydrogen) atoms. The van der Waals surface area contributed by atoms with Crippen LogP contribution in [-0.4, -0.2) is 25.4 Å². The summed E-state index contributed by atoms with van der Waals surface area (Å²) in [6, 6.07) is 7.71. The van der Waals surface area contributed by atoms with Crippen LogP contribution in [0.15, 0.2) is 24.3 Å². The first-order chi connectivity index (χ1) is 7.76. The van der Waals surface area contributed by atoms with Crippen LogP contribution in [-0.2, 0) is 10.3 Å². The third kappa shape index (κ3) is 2.20. The van der Waals surface area contributed by atoms with Crippen LogP contribution in [0.3, 0.4) is 0 Å². The second-order valence-corrected chi connectivity index (χ2v) is 4.22. The van der Waals surface area contributed by atoms with Gasteiger partial charge in [0.25, 0.3) is 0 Å². The van der Waals surface area contributed by atoms with E-state index in [2.05, 4.69) is 0 Å². The lowest BCUT2D eigenvalue weighted by Gasteiger charge is -2.37. The molecule has 0 heterocycles. The molecule has 0 bridgehead atoms. The molecule has 1 aliphatic rings. The van der Waals surface area contributed by atoms with E-state index in [9.17, 15) is 5.11 Å². The fraction of sp³-hybridized carbons (Fsp3) is 0.538. The fourth-order valence-electron chi connectivity index (χ4n) is 1.99. The second kappa shape index (κ2) is 4.85. The third-order valence-corrected chi connectivity index (χ3v) is 3.11. The highest BCUT2D eigenvalue weighted by atomic mass is 16.5. The molecular formula is C13H18O3. The second-order valence-electron chi connectivity index (χ2n) is 4.22. The van der Waals surface area contributed by atoms with Crippen LogP contribution in [0.25, 0.3) is 0 Å². The van der Waals surface area contributed by atoms with Crippen molar-refractivity contribution in [3.8, 4) is 5.75 Å². The SMILES string of the molecule is COCCOc1ccccc1C1(O)CCC1. The monoisotopic (exact) mass is 222 g/mol. The van der Waals surface area contributed by atoms with Gasteiger partial charge in [0.05, 0.1) is 12.2 Å². The third-order valence-electron chi connectivity index (χ3n) is 3.11. The number of rotatable bonds is 5. The molecule has 0 amide bonds. The van der Waals surface area contributed by atoms with Gasteiger partial charge in [-0.3, -0.25) is 0 Å². The number of para-hydroxylation sites is 1. The Labute approximate surface area is 96.0 Å². The summed E-state index contributed by atoms with van der Waals surface area (Å²) in [4.78, 5) is 0. The molecule has 1 aromatic rings.